The summed E-state index contributed by atoms with van der Waals surface area (Å²) >= 11 is 3.62. The number of pyridine rings is 1. The average molecular weight is 514 g/mol. The number of benzene rings is 1. The molecule has 2 heterocycles. The summed E-state index contributed by atoms with van der Waals surface area (Å²) in [5.41, 5.74) is 3.13. The summed E-state index contributed by atoms with van der Waals surface area (Å²) in [5, 5.41) is 3.41. The number of carbonyl (C=O) groups is 1. The molecule has 6 nitrogen and oxygen atoms in total. The quantitative estimate of drug-likeness (QED) is 0.584. The van der Waals surface area contributed by atoms with Crippen LogP contribution in [0.5, 0.6) is 0 Å². The molecule has 1 aliphatic carbocycles. The molecule has 1 saturated carbocycles. The van der Waals surface area contributed by atoms with E-state index < -0.39 is 0 Å². The van der Waals surface area contributed by atoms with E-state index in [1.165, 1.54) is 0 Å². The van der Waals surface area contributed by atoms with Gasteiger partial charge < -0.3 is 19.5 Å². The molecule has 2 atom stereocenters. The number of hydrogen-bond acceptors (Lipinski definition) is 4. The smallest absolute Gasteiger partial charge is 0.250 e. The van der Waals surface area contributed by atoms with E-state index >= 15 is 0 Å². The standard InChI is InChI=1S/C26H32BrN3O3/c1-29-10-8-20(15-25(29)31)23-7-9-28-16-24(23)26(32)30(22-5-6-22)17-19-12-18(4-3-11-33-2)13-21(27)14-19/h3-4,8,10,12-15,22-24,28H,5-7,9,11,16-17H2,1-2H3/b4-3+/t23?,24-/m0/s1. The molecule has 2 aliphatic rings. The van der Waals surface area contributed by atoms with Crippen LogP contribution in [0.15, 0.2) is 51.9 Å². The molecule has 33 heavy (non-hydrogen) atoms. The molecule has 4 rings (SSSR count). The molecular weight excluding hydrogens is 482 g/mol. The Kier molecular flexibility index (Phi) is 7.83. The van der Waals surface area contributed by atoms with E-state index in [1.807, 2.05) is 18.2 Å². The lowest BCUT2D eigenvalue weighted by atomic mass is 9.80. The predicted octanol–water partition coefficient (Wildman–Crippen LogP) is 3.69. The van der Waals surface area contributed by atoms with Crippen molar-refractivity contribution in [3.63, 3.8) is 0 Å². The summed E-state index contributed by atoms with van der Waals surface area (Å²) in [6, 6.07) is 10.3. The molecule has 1 amide bonds. The van der Waals surface area contributed by atoms with E-state index in [0.717, 1.165) is 47.0 Å². The summed E-state index contributed by atoms with van der Waals surface area (Å²) in [7, 11) is 3.43. The lowest BCUT2D eigenvalue weighted by Gasteiger charge is -2.35. The highest BCUT2D eigenvalue weighted by atomic mass is 79.9. The van der Waals surface area contributed by atoms with E-state index in [9.17, 15) is 9.59 Å². The zero-order valence-corrected chi connectivity index (χ0v) is 20.9. The number of amides is 1. The molecule has 1 N–H and O–H groups in total. The monoisotopic (exact) mass is 513 g/mol. The Morgan fingerprint density at radius 3 is 2.82 bits per heavy atom. The molecule has 1 unspecified atom stereocenters. The number of hydrogen-bond donors (Lipinski definition) is 1. The highest BCUT2D eigenvalue weighted by Gasteiger charge is 2.40. The van der Waals surface area contributed by atoms with Crippen LogP contribution >= 0.6 is 15.9 Å². The number of rotatable bonds is 8. The highest BCUT2D eigenvalue weighted by Crippen LogP contribution is 2.36. The number of nitrogens with zero attached hydrogens (tertiary/aromatic N) is 2. The molecule has 0 radical (unpaired) electrons. The van der Waals surface area contributed by atoms with Gasteiger partial charge in [0.1, 0.15) is 0 Å². The third-order valence-electron chi connectivity index (χ3n) is 6.53. The Morgan fingerprint density at radius 1 is 1.27 bits per heavy atom. The average Bonchev–Trinajstić information content (AvgIpc) is 3.64. The van der Waals surface area contributed by atoms with Gasteiger partial charge in [0.15, 0.2) is 0 Å². The number of carbonyl (C=O) groups excluding carboxylic acids is 1. The molecule has 7 heteroatoms. The third kappa shape index (κ3) is 6.02. The van der Waals surface area contributed by atoms with Gasteiger partial charge in [0, 0.05) is 50.0 Å². The molecule has 2 fully saturated rings. The van der Waals surface area contributed by atoms with Gasteiger partial charge in [-0.15, -0.1) is 0 Å². The maximum absolute atomic E-state index is 13.9. The van der Waals surface area contributed by atoms with Crippen LogP contribution in [-0.2, 0) is 23.1 Å². The van der Waals surface area contributed by atoms with Crippen molar-refractivity contribution in [1.82, 2.24) is 14.8 Å². The number of ether oxygens (including phenoxy) is 1. The Bertz CT molecular complexity index is 1080. The number of halogens is 1. The maximum Gasteiger partial charge on any atom is 0.250 e. The van der Waals surface area contributed by atoms with Crippen LogP contribution in [0.25, 0.3) is 6.08 Å². The Morgan fingerprint density at radius 2 is 2.09 bits per heavy atom. The Balaban J connectivity index is 1.57. The van der Waals surface area contributed by atoms with Gasteiger partial charge in [-0.05, 0) is 72.7 Å². The van der Waals surface area contributed by atoms with E-state index in [1.54, 1.807) is 31.0 Å². The number of aromatic nitrogens is 1. The first kappa shape index (κ1) is 23.9. The fourth-order valence-corrected chi connectivity index (χ4v) is 5.20. The van der Waals surface area contributed by atoms with Crippen molar-refractivity contribution in [3.8, 4) is 0 Å². The normalized spacial score (nSPS) is 20.8. The Labute approximate surface area is 203 Å². The van der Waals surface area contributed by atoms with Crippen LogP contribution in [0.2, 0.25) is 0 Å². The van der Waals surface area contributed by atoms with E-state index in [4.69, 9.17) is 4.74 Å². The molecule has 1 aromatic heterocycles. The molecule has 1 aliphatic heterocycles. The minimum atomic E-state index is -0.167. The van der Waals surface area contributed by atoms with E-state index in [2.05, 4.69) is 44.3 Å². The molecule has 176 valence electrons. The van der Waals surface area contributed by atoms with Crippen LogP contribution < -0.4 is 10.9 Å². The van der Waals surface area contributed by atoms with Gasteiger partial charge in [0.25, 0.3) is 5.56 Å². The Hall–Kier alpha value is -2.22. The van der Waals surface area contributed by atoms with Crippen LogP contribution in [0.3, 0.4) is 0 Å². The zero-order valence-electron chi connectivity index (χ0n) is 19.3. The highest BCUT2D eigenvalue weighted by molar-refractivity contribution is 9.10. The first-order chi connectivity index (χ1) is 16.0. The van der Waals surface area contributed by atoms with Crippen molar-refractivity contribution in [1.29, 1.82) is 0 Å². The minimum absolute atomic E-state index is 0.0283. The van der Waals surface area contributed by atoms with Crippen LogP contribution in [0.1, 0.15) is 41.9 Å². The molecule has 1 aromatic carbocycles. The predicted molar refractivity (Wildman–Crippen MR) is 134 cm³/mol. The first-order valence-electron chi connectivity index (χ1n) is 11.6. The van der Waals surface area contributed by atoms with E-state index in [-0.39, 0.29) is 23.3 Å². The topological polar surface area (TPSA) is 63.6 Å². The second kappa shape index (κ2) is 10.8. The molecule has 2 aromatic rings. The largest absolute Gasteiger partial charge is 0.381 e. The van der Waals surface area contributed by atoms with E-state index in [0.29, 0.717) is 25.7 Å². The lowest BCUT2D eigenvalue weighted by molar-refractivity contribution is -0.138. The fraction of sp³-hybridized carbons (Fsp3) is 0.462. The lowest BCUT2D eigenvalue weighted by Crippen LogP contribution is -2.47. The number of nitrogens with one attached hydrogen (secondary N) is 1. The fourth-order valence-electron chi connectivity index (χ4n) is 4.64. The summed E-state index contributed by atoms with van der Waals surface area (Å²) in [6.07, 6.45) is 8.79. The van der Waals surface area contributed by atoms with Gasteiger partial charge in [-0.2, -0.15) is 0 Å². The number of aryl methyl sites for hydroxylation is 1. The zero-order chi connectivity index (χ0) is 23.4. The first-order valence-corrected chi connectivity index (χ1v) is 12.4. The van der Waals surface area contributed by atoms with Gasteiger partial charge in [-0.3, -0.25) is 9.59 Å². The van der Waals surface area contributed by atoms with Gasteiger partial charge in [0.05, 0.1) is 12.5 Å². The second-order valence-corrected chi connectivity index (χ2v) is 9.98. The number of methoxy groups -OCH3 is 1. The third-order valence-corrected chi connectivity index (χ3v) is 6.99. The van der Waals surface area contributed by atoms with Gasteiger partial charge >= 0.3 is 0 Å². The van der Waals surface area contributed by atoms with Crippen molar-refractivity contribution in [2.45, 2.75) is 37.8 Å². The van der Waals surface area contributed by atoms with Crippen LogP contribution in [-0.4, -0.2) is 48.2 Å². The summed E-state index contributed by atoms with van der Waals surface area (Å²) in [6.45, 7) is 2.66. The van der Waals surface area contributed by atoms with Gasteiger partial charge in [-0.25, -0.2) is 0 Å². The van der Waals surface area contributed by atoms with Crippen LogP contribution in [0.4, 0.5) is 0 Å². The van der Waals surface area contributed by atoms with Gasteiger partial charge in [0.2, 0.25) is 5.91 Å². The van der Waals surface area contributed by atoms with Gasteiger partial charge in [-0.1, -0.05) is 28.1 Å². The summed E-state index contributed by atoms with van der Waals surface area (Å²) in [4.78, 5) is 28.2. The molecule has 0 spiro atoms. The summed E-state index contributed by atoms with van der Waals surface area (Å²) in [5.74, 6) is 0.0791. The summed E-state index contributed by atoms with van der Waals surface area (Å²) < 4.78 is 7.68. The maximum atomic E-state index is 13.9. The second-order valence-electron chi connectivity index (χ2n) is 9.06. The van der Waals surface area contributed by atoms with Crippen LogP contribution in [0, 0.1) is 5.92 Å². The minimum Gasteiger partial charge on any atom is -0.381 e. The number of piperidine rings is 1. The molecular formula is C26H32BrN3O3. The van der Waals surface area contributed by atoms with Crippen molar-refractivity contribution < 1.29 is 9.53 Å². The SMILES string of the molecule is COC/C=C/c1cc(Br)cc(CN(C(=O)[C@H]2CNCCC2c2ccn(C)c(=O)c2)C2CC2)c1. The van der Waals surface area contributed by atoms with Crippen molar-refractivity contribution >= 4 is 27.9 Å². The molecule has 1 saturated heterocycles. The van der Waals surface area contributed by atoms with Crippen molar-refractivity contribution in [3.05, 3.63) is 74.1 Å². The van der Waals surface area contributed by atoms with Crippen molar-refractivity contribution in [2.75, 3.05) is 26.8 Å². The molecule has 0 bridgehead atoms. The van der Waals surface area contributed by atoms with Crippen molar-refractivity contribution in [2.24, 2.45) is 13.0 Å².